The average molecular weight is 664 g/mol. The third kappa shape index (κ3) is 8.60. The Labute approximate surface area is 274 Å². The molecule has 1 aliphatic rings. The lowest BCUT2D eigenvalue weighted by Crippen LogP contribution is -2.41. The summed E-state index contributed by atoms with van der Waals surface area (Å²) >= 11 is 0. The minimum absolute atomic E-state index is 0.0557. The molecule has 0 radical (unpaired) electrons. The molecule has 0 saturated carbocycles. The summed E-state index contributed by atoms with van der Waals surface area (Å²) in [6.45, 7) is 0.166. The average Bonchev–Trinajstić information content (AvgIpc) is 3.33. The van der Waals surface area contributed by atoms with Crippen molar-refractivity contribution in [1.82, 2.24) is 5.32 Å². The quantitative estimate of drug-likeness (QED) is 0.127. The third-order valence-electron chi connectivity index (χ3n) is 7.93. The molecule has 2 unspecified atom stereocenters. The van der Waals surface area contributed by atoms with E-state index >= 15 is 0 Å². The Balaban J connectivity index is 1.36. The Kier molecular flexibility index (Phi) is 10.8. The number of carboxylic acid groups (broad SMARTS) is 1. The number of hydrogen-bond acceptors (Lipinski definition) is 5. The molecule has 7 nitrogen and oxygen atoms in total. The monoisotopic (exact) mass is 663 g/mol. The van der Waals surface area contributed by atoms with E-state index in [1.54, 1.807) is 54.6 Å². The van der Waals surface area contributed by atoms with Crippen molar-refractivity contribution >= 4 is 18.0 Å². The molecule has 0 heterocycles. The number of benzene rings is 4. The van der Waals surface area contributed by atoms with Crippen LogP contribution >= 0.6 is 0 Å². The molecule has 0 fully saturated rings. The van der Waals surface area contributed by atoms with Crippen LogP contribution in [0, 0.1) is 0 Å². The van der Waals surface area contributed by atoms with E-state index in [0.717, 1.165) is 42.0 Å². The van der Waals surface area contributed by atoms with Crippen molar-refractivity contribution in [2.24, 2.45) is 0 Å². The number of nitrogens with one attached hydrogen (secondary N) is 1. The summed E-state index contributed by atoms with van der Waals surface area (Å²) in [6, 6.07) is 22.4. The lowest BCUT2D eigenvalue weighted by Gasteiger charge is -2.26. The lowest BCUT2D eigenvalue weighted by molar-refractivity contribution is -0.253. The maximum absolute atomic E-state index is 13.7. The van der Waals surface area contributed by atoms with Gasteiger partial charge in [-0.3, -0.25) is 4.79 Å². The zero-order chi connectivity index (χ0) is 34.3. The smallest absolute Gasteiger partial charge is 0.461 e. The fourth-order valence-electron chi connectivity index (χ4n) is 5.42. The predicted octanol–water partition coefficient (Wildman–Crippen LogP) is 7.62. The topological polar surface area (TPSA) is 105 Å². The Morgan fingerprint density at radius 2 is 1.62 bits per heavy atom. The van der Waals surface area contributed by atoms with Gasteiger partial charge >= 0.3 is 18.5 Å². The molecule has 48 heavy (non-hydrogen) atoms. The maximum Gasteiger partial charge on any atom is 0.461 e. The van der Waals surface area contributed by atoms with Crippen molar-refractivity contribution in [2.75, 3.05) is 0 Å². The molecule has 0 saturated heterocycles. The van der Waals surface area contributed by atoms with Gasteiger partial charge in [-0.15, -0.1) is 0 Å². The molecule has 1 aliphatic carbocycles. The number of carbonyl (C=O) groups excluding carboxylic acids is 1. The number of aromatic carboxylic acids is 1. The Morgan fingerprint density at radius 1 is 0.896 bits per heavy atom. The first-order valence-electron chi connectivity index (χ1n) is 15.3. The highest BCUT2D eigenvalue weighted by atomic mass is 19.3. The minimum atomic E-state index is -4.70. The molecule has 1 amide bonds. The number of rotatable bonds is 13. The summed E-state index contributed by atoms with van der Waals surface area (Å²) in [4.78, 5) is 24.8. The lowest BCUT2D eigenvalue weighted by atomic mass is 9.94. The molecule has 4 aromatic carbocycles. The maximum atomic E-state index is 13.7. The van der Waals surface area contributed by atoms with Crippen LogP contribution in [0.2, 0.25) is 0 Å². The predicted molar refractivity (Wildman–Crippen MR) is 171 cm³/mol. The number of halogens is 4. The Bertz CT molecular complexity index is 1760. The van der Waals surface area contributed by atoms with Gasteiger partial charge < -0.3 is 25.0 Å². The van der Waals surface area contributed by atoms with E-state index in [9.17, 15) is 32.3 Å². The van der Waals surface area contributed by atoms with Crippen molar-refractivity contribution in [1.29, 1.82) is 0 Å². The molecule has 3 N–H and O–H groups in total. The van der Waals surface area contributed by atoms with Crippen LogP contribution in [-0.2, 0) is 19.4 Å². The molecule has 0 aromatic heterocycles. The van der Waals surface area contributed by atoms with Crippen molar-refractivity contribution in [3.05, 3.63) is 136 Å². The minimum Gasteiger partial charge on any atom is -0.489 e. The van der Waals surface area contributed by atoms with Gasteiger partial charge in [0.25, 0.3) is 5.91 Å². The molecule has 2 atom stereocenters. The van der Waals surface area contributed by atoms with Crippen LogP contribution in [0.25, 0.3) is 6.08 Å². The normalized spacial score (nSPS) is 14.0. The van der Waals surface area contributed by atoms with Gasteiger partial charge in [0.15, 0.2) is 0 Å². The molecule has 0 bridgehead atoms. The van der Waals surface area contributed by atoms with Crippen LogP contribution in [0.3, 0.4) is 0 Å². The zero-order valence-electron chi connectivity index (χ0n) is 25.6. The van der Waals surface area contributed by atoms with Crippen molar-refractivity contribution in [2.45, 2.75) is 57.0 Å². The van der Waals surface area contributed by atoms with Crippen LogP contribution in [0.5, 0.6) is 11.5 Å². The second-order valence-corrected chi connectivity index (χ2v) is 11.4. The second-order valence-electron chi connectivity index (χ2n) is 11.4. The van der Waals surface area contributed by atoms with Gasteiger partial charge in [-0.2, -0.15) is 17.6 Å². The first-order valence-corrected chi connectivity index (χ1v) is 15.3. The van der Waals surface area contributed by atoms with Gasteiger partial charge in [-0.25, -0.2) is 4.79 Å². The summed E-state index contributed by atoms with van der Waals surface area (Å²) in [5.74, 6) is -1.50. The Morgan fingerprint density at radius 3 is 2.33 bits per heavy atom. The number of hydrogen-bond donors (Lipinski definition) is 3. The van der Waals surface area contributed by atoms with Gasteiger partial charge in [0.05, 0.1) is 17.7 Å². The molecule has 0 spiro atoms. The van der Waals surface area contributed by atoms with Crippen LogP contribution in [0.15, 0.2) is 97.1 Å². The highest BCUT2D eigenvalue weighted by Crippen LogP contribution is 2.30. The van der Waals surface area contributed by atoms with Crippen LogP contribution in [-0.4, -0.2) is 40.7 Å². The number of aliphatic hydroxyl groups excluding tert-OH is 1. The van der Waals surface area contributed by atoms with E-state index in [1.165, 1.54) is 24.3 Å². The van der Waals surface area contributed by atoms with Crippen molar-refractivity contribution in [3.63, 3.8) is 0 Å². The number of aryl methyl sites for hydroxylation is 1. The summed E-state index contributed by atoms with van der Waals surface area (Å²) < 4.78 is 62.8. The Hall–Kier alpha value is -5.16. The fraction of sp³-hybridized carbons (Fsp3) is 0.243. The molecular formula is C37H33F4NO6. The van der Waals surface area contributed by atoms with Gasteiger partial charge in [0.1, 0.15) is 18.1 Å². The van der Waals surface area contributed by atoms with Crippen molar-refractivity contribution in [3.8, 4) is 11.5 Å². The molecule has 0 aliphatic heterocycles. The van der Waals surface area contributed by atoms with Gasteiger partial charge in [-0.1, -0.05) is 60.7 Å². The fourth-order valence-corrected chi connectivity index (χ4v) is 5.42. The summed E-state index contributed by atoms with van der Waals surface area (Å²) in [5, 5.41) is 23.5. The zero-order valence-corrected chi connectivity index (χ0v) is 25.6. The highest BCUT2D eigenvalue weighted by molar-refractivity contribution is 5.98. The first-order chi connectivity index (χ1) is 23.0. The number of allylic oxidation sites excluding steroid dienone is 1. The summed E-state index contributed by atoms with van der Waals surface area (Å²) in [6.07, 6.45) is -3.54. The number of alkyl halides is 4. The number of amides is 1. The number of aliphatic hydroxyl groups is 1. The number of ether oxygens (including phenoxy) is 2. The van der Waals surface area contributed by atoms with E-state index in [-0.39, 0.29) is 18.6 Å². The highest BCUT2D eigenvalue weighted by Gasteiger charge is 2.44. The number of carbonyl (C=O) groups is 2. The van der Waals surface area contributed by atoms with Gasteiger partial charge in [-0.05, 0) is 96.0 Å². The first kappa shape index (κ1) is 34.2. The van der Waals surface area contributed by atoms with E-state index in [0.29, 0.717) is 22.4 Å². The van der Waals surface area contributed by atoms with Crippen LogP contribution in [0.4, 0.5) is 17.6 Å². The third-order valence-corrected chi connectivity index (χ3v) is 7.93. The van der Waals surface area contributed by atoms with E-state index in [1.807, 2.05) is 18.2 Å². The van der Waals surface area contributed by atoms with E-state index < -0.39 is 42.3 Å². The van der Waals surface area contributed by atoms with Crippen molar-refractivity contribution < 1.29 is 46.8 Å². The summed E-state index contributed by atoms with van der Waals surface area (Å²) in [7, 11) is 0. The van der Waals surface area contributed by atoms with E-state index in [2.05, 4.69) is 10.1 Å². The molecule has 11 heteroatoms. The van der Waals surface area contributed by atoms with Crippen LogP contribution < -0.4 is 14.8 Å². The standard InChI is InChI=1S/C37H33F4NO6/c38-36(39)37(40,41)48-29-9-4-6-24(20-29)21-32(42-34(44)31-11-5-8-25-7-2-1-3-10-30(25)31)33(43)26-16-18-28(19-17-26)47-22-23-12-14-27(15-13-23)35(45)46/h3-6,8-20,32-33,36,43H,1-2,7,21-22H2,(H,42,44)(H,45,46). The van der Waals surface area contributed by atoms with Crippen LogP contribution in [0.1, 0.15) is 67.5 Å². The largest absolute Gasteiger partial charge is 0.489 e. The summed E-state index contributed by atoms with van der Waals surface area (Å²) in [5.41, 5.74) is 3.89. The van der Waals surface area contributed by atoms with Gasteiger partial charge in [0.2, 0.25) is 0 Å². The molecule has 4 aromatic rings. The SMILES string of the molecule is O=C(O)c1ccc(COc2ccc(C(O)C(Cc3cccc(OC(F)(F)C(F)F)c3)NC(=O)c3cccc4c3C=CCCC4)cc2)cc1. The van der Waals surface area contributed by atoms with E-state index in [4.69, 9.17) is 9.84 Å². The molecule has 250 valence electrons. The number of fused-ring (bicyclic) bond motifs is 1. The molecular weight excluding hydrogens is 630 g/mol. The second kappa shape index (κ2) is 15.2. The number of carboxylic acids is 1. The van der Waals surface area contributed by atoms with Gasteiger partial charge in [0, 0.05) is 5.56 Å². The molecule has 5 rings (SSSR count).